The molecule has 3 aromatic rings. The monoisotopic (exact) mass is 344 g/mol. The van der Waals surface area contributed by atoms with Gasteiger partial charge in [0.25, 0.3) is 0 Å². The highest BCUT2D eigenvalue weighted by molar-refractivity contribution is 8.00. The number of benzene rings is 2. The number of nitrogens with one attached hydrogen (secondary N) is 1. The minimum Gasteiger partial charge on any atom is -0.497 e. The lowest BCUT2D eigenvalue weighted by Crippen LogP contribution is -2.13. The molecule has 0 aliphatic carbocycles. The molecule has 23 heavy (non-hydrogen) atoms. The molecule has 0 saturated heterocycles. The smallest absolute Gasteiger partial charge is 0.236 e. The summed E-state index contributed by atoms with van der Waals surface area (Å²) in [6.45, 7) is 2.04. The highest BCUT2D eigenvalue weighted by Crippen LogP contribution is 2.29. The number of aromatic nitrogens is 1. The molecule has 1 amide bonds. The third-order valence-corrected chi connectivity index (χ3v) is 5.40. The van der Waals surface area contributed by atoms with Crippen LogP contribution in [0.5, 0.6) is 5.75 Å². The standard InChI is InChI=1S/C17H16N2O2S2/c1-11-5-3-4-6-14(11)22-10-16(20)19-17-18-13-8-7-12(21-2)9-15(13)23-17/h3-9H,10H2,1-2H3,(H,18,19,20). The van der Waals surface area contributed by atoms with Crippen LogP contribution in [-0.4, -0.2) is 23.8 Å². The number of carbonyl (C=O) groups is 1. The summed E-state index contributed by atoms with van der Waals surface area (Å²) in [4.78, 5) is 17.7. The van der Waals surface area contributed by atoms with Crippen LogP contribution in [0.3, 0.4) is 0 Å². The quantitative estimate of drug-likeness (QED) is 0.699. The van der Waals surface area contributed by atoms with Crippen LogP contribution in [0.2, 0.25) is 0 Å². The van der Waals surface area contributed by atoms with Crippen LogP contribution in [0.1, 0.15) is 5.56 Å². The number of thioether (sulfide) groups is 1. The molecule has 0 unspecified atom stereocenters. The van der Waals surface area contributed by atoms with Gasteiger partial charge in [0.05, 0.1) is 23.1 Å². The number of thiazole rings is 1. The lowest BCUT2D eigenvalue weighted by Gasteiger charge is -2.04. The zero-order valence-electron chi connectivity index (χ0n) is 12.8. The van der Waals surface area contributed by atoms with Crippen molar-refractivity contribution in [2.45, 2.75) is 11.8 Å². The Labute approximate surface area is 142 Å². The molecule has 0 aliphatic heterocycles. The van der Waals surface area contributed by atoms with Crippen LogP contribution in [-0.2, 0) is 4.79 Å². The van der Waals surface area contributed by atoms with Gasteiger partial charge in [0.1, 0.15) is 5.75 Å². The lowest BCUT2D eigenvalue weighted by atomic mass is 10.2. The van der Waals surface area contributed by atoms with Gasteiger partial charge in [-0.3, -0.25) is 4.79 Å². The summed E-state index contributed by atoms with van der Waals surface area (Å²) in [5.41, 5.74) is 2.04. The van der Waals surface area contributed by atoms with Gasteiger partial charge in [0.15, 0.2) is 5.13 Å². The molecular formula is C17H16N2O2S2. The van der Waals surface area contributed by atoms with Gasteiger partial charge in [0, 0.05) is 4.90 Å². The first-order valence-electron chi connectivity index (χ1n) is 7.08. The van der Waals surface area contributed by atoms with E-state index in [0.717, 1.165) is 20.9 Å². The number of aryl methyl sites for hydroxylation is 1. The fourth-order valence-electron chi connectivity index (χ4n) is 2.10. The lowest BCUT2D eigenvalue weighted by molar-refractivity contribution is -0.113. The van der Waals surface area contributed by atoms with E-state index in [1.54, 1.807) is 7.11 Å². The Hall–Kier alpha value is -2.05. The highest BCUT2D eigenvalue weighted by Gasteiger charge is 2.09. The van der Waals surface area contributed by atoms with Crippen molar-refractivity contribution in [2.24, 2.45) is 0 Å². The van der Waals surface area contributed by atoms with E-state index in [9.17, 15) is 4.79 Å². The third kappa shape index (κ3) is 3.83. The van der Waals surface area contributed by atoms with Crippen LogP contribution in [0, 0.1) is 6.92 Å². The zero-order valence-corrected chi connectivity index (χ0v) is 14.5. The van der Waals surface area contributed by atoms with E-state index < -0.39 is 0 Å². The predicted octanol–water partition coefficient (Wildman–Crippen LogP) is 4.34. The Bertz CT molecular complexity index is 845. The topological polar surface area (TPSA) is 51.2 Å². The summed E-state index contributed by atoms with van der Waals surface area (Å²) in [6.07, 6.45) is 0. The van der Waals surface area contributed by atoms with E-state index in [4.69, 9.17) is 4.74 Å². The van der Waals surface area contributed by atoms with Gasteiger partial charge in [-0.1, -0.05) is 29.5 Å². The third-order valence-electron chi connectivity index (χ3n) is 3.29. The Morgan fingerprint density at radius 2 is 2.13 bits per heavy atom. The molecule has 1 N–H and O–H groups in total. The van der Waals surface area contributed by atoms with Crippen LogP contribution in [0.4, 0.5) is 5.13 Å². The van der Waals surface area contributed by atoms with Crippen molar-refractivity contribution in [3.8, 4) is 5.75 Å². The minimum atomic E-state index is -0.0516. The zero-order chi connectivity index (χ0) is 16.2. The van der Waals surface area contributed by atoms with Crippen molar-refractivity contribution in [2.75, 3.05) is 18.2 Å². The van der Waals surface area contributed by atoms with Crippen LogP contribution < -0.4 is 10.1 Å². The number of hydrogen-bond donors (Lipinski definition) is 1. The maximum atomic E-state index is 12.1. The van der Waals surface area contributed by atoms with Crippen molar-refractivity contribution in [3.05, 3.63) is 48.0 Å². The summed E-state index contributed by atoms with van der Waals surface area (Å²) >= 11 is 2.98. The van der Waals surface area contributed by atoms with Crippen molar-refractivity contribution < 1.29 is 9.53 Å². The molecule has 0 radical (unpaired) electrons. The van der Waals surface area contributed by atoms with Crippen molar-refractivity contribution in [1.29, 1.82) is 0 Å². The van der Waals surface area contributed by atoms with Crippen LogP contribution in [0.15, 0.2) is 47.4 Å². The number of anilines is 1. The second-order valence-electron chi connectivity index (χ2n) is 4.96. The van der Waals surface area contributed by atoms with E-state index in [-0.39, 0.29) is 5.91 Å². The molecular weight excluding hydrogens is 328 g/mol. The maximum Gasteiger partial charge on any atom is 0.236 e. The summed E-state index contributed by atoms with van der Waals surface area (Å²) in [7, 11) is 1.63. The normalized spacial score (nSPS) is 10.7. The Kier molecular flexibility index (Phi) is 4.83. The molecule has 1 heterocycles. The van der Waals surface area contributed by atoms with Crippen LogP contribution >= 0.6 is 23.1 Å². The number of carbonyl (C=O) groups excluding carboxylic acids is 1. The van der Waals surface area contributed by atoms with Crippen molar-refractivity contribution in [3.63, 3.8) is 0 Å². The predicted molar refractivity (Wildman–Crippen MR) is 96.7 cm³/mol. The van der Waals surface area contributed by atoms with E-state index in [2.05, 4.69) is 10.3 Å². The molecule has 4 nitrogen and oxygen atoms in total. The molecule has 2 aromatic carbocycles. The molecule has 0 spiro atoms. The van der Waals surface area contributed by atoms with E-state index in [1.165, 1.54) is 28.7 Å². The molecule has 0 saturated carbocycles. The average Bonchev–Trinajstić information content (AvgIpc) is 2.95. The number of nitrogens with zero attached hydrogens (tertiary/aromatic N) is 1. The number of hydrogen-bond acceptors (Lipinski definition) is 5. The number of rotatable bonds is 5. The summed E-state index contributed by atoms with van der Waals surface area (Å²) in [5, 5.41) is 3.48. The summed E-state index contributed by atoms with van der Waals surface area (Å²) in [6, 6.07) is 13.7. The maximum absolute atomic E-state index is 12.1. The van der Waals surface area contributed by atoms with Gasteiger partial charge in [0.2, 0.25) is 5.91 Å². The fraction of sp³-hybridized carbons (Fsp3) is 0.176. The largest absolute Gasteiger partial charge is 0.497 e. The van der Waals surface area contributed by atoms with Crippen molar-refractivity contribution >= 4 is 44.4 Å². The Balaban J connectivity index is 1.64. The van der Waals surface area contributed by atoms with Crippen LogP contribution in [0.25, 0.3) is 10.2 Å². The van der Waals surface area contributed by atoms with E-state index in [1.807, 2.05) is 49.4 Å². The van der Waals surface area contributed by atoms with Gasteiger partial charge in [-0.15, -0.1) is 11.8 Å². The number of ether oxygens (including phenoxy) is 1. The highest BCUT2D eigenvalue weighted by atomic mass is 32.2. The van der Waals surface area contributed by atoms with Gasteiger partial charge in [-0.2, -0.15) is 0 Å². The molecule has 0 aliphatic rings. The first kappa shape index (κ1) is 15.8. The van der Waals surface area contributed by atoms with E-state index in [0.29, 0.717) is 10.9 Å². The second-order valence-corrected chi connectivity index (χ2v) is 7.00. The molecule has 0 atom stereocenters. The molecule has 0 fully saturated rings. The number of amides is 1. The SMILES string of the molecule is COc1ccc2nc(NC(=O)CSc3ccccc3C)sc2c1. The Morgan fingerprint density at radius 1 is 1.30 bits per heavy atom. The minimum absolute atomic E-state index is 0.0516. The van der Waals surface area contributed by atoms with Gasteiger partial charge in [-0.25, -0.2) is 4.98 Å². The fourth-order valence-corrected chi connectivity index (χ4v) is 3.84. The van der Waals surface area contributed by atoms with Gasteiger partial charge in [-0.05, 0) is 36.8 Å². The first-order valence-corrected chi connectivity index (χ1v) is 8.89. The molecule has 1 aromatic heterocycles. The summed E-state index contributed by atoms with van der Waals surface area (Å²) < 4.78 is 6.19. The Morgan fingerprint density at radius 3 is 2.91 bits per heavy atom. The van der Waals surface area contributed by atoms with Gasteiger partial charge >= 0.3 is 0 Å². The first-order chi connectivity index (χ1) is 11.2. The molecule has 6 heteroatoms. The second kappa shape index (κ2) is 7.02. The van der Waals surface area contributed by atoms with Crippen molar-refractivity contribution in [1.82, 2.24) is 4.98 Å². The van der Waals surface area contributed by atoms with E-state index >= 15 is 0 Å². The molecule has 118 valence electrons. The molecule has 3 rings (SSSR count). The number of fused-ring (bicyclic) bond motifs is 1. The molecule has 0 bridgehead atoms. The van der Waals surface area contributed by atoms with Gasteiger partial charge < -0.3 is 10.1 Å². The summed E-state index contributed by atoms with van der Waals surface area (Å²) in [5.74, 6) is 1.10. The average molecular weight is 344 g/mol. The number of methoxy groups -OCH3 is 1.